The summed E-state index contributed by atoms with van der Waals surface area (Å²) in [7, 11) is 0. The number of amides is 1. The molecular weight excluding hydrogens is 236 g/mol. The standard InChI is InChI=1S/C12H16N2O4/c1-3-14(7-8(2)12(17)18)11(16)9-4-5-13-6-10(9)15/h4-6,8,15H,3,7H2,1-2H3,(H,17,18). The summed E-state index contributed by atoms with van der Waals surface area (Å²) in [4.78, 5) is 27.9. The SMILES string of the molecule is CCN(CC(C)C(=O)O)C(=O)c1ccncc1O. The molecule has 1 atom stereocenters. The lowest BCUT2D eigenvalue weighted by Gasteiger charge is -2.23. The van der Waals surface area contributed by atoms with Gasteiger partial charge in [0.1, 0.15) is 5.75 Å². The minimum absolute atomic E-state index is 0.104. The van der Waals surface area contributed by atoms with Gasteiger partial charge in [0.05, 0.1) is 17.7 Å². The number of aromatic nitrogens is 1. The van der Waals surface area contributed by atoms with Crippen molar-refractivity contribution < 1.29 is 19.8 Å². The number of aliphatic carboxylic acids is 1. The molecule has 2 N–H and O–H groups in total. The van der Waals surface area contributed by atoms with Gasteiger partial charge in [-0.15, -0.1) is 0 Å². The Morgan fingerprint density at radius 2 is 2.17 bits per heavy atom. The molecule has 0 aromatic carbocycles. The summed E-state index contributed by atoms with van der Waals surface area (Å²) >= 11 is 0. The van der Waals surface area contributed by atoms with Gasteiger partial charge in [-0.3, -0.25) is 14.6 Å². The second kappa shape index (κ2) is 6.00. The minimum atomic E-state index is -0.958. The zero-order chi connectivity index (χ0) is 13.7. The molecule has 98 valence electrons. The van der Waals surface area contributed by atoms with Gasteiger partial charge in [0.25, 0.3) is 5.91 Å². The van der Waals surface area contributed by atoms with Crippen LogP contribution >= 0.6 is 0 Å². The molecule has 0 radical (unpaired) electrons. The molecule has 1 heterocycles. The van der Waals surface area contributed by atoms with E-state index < -0.39 is 17.8 Å². The molecule has 0 aliphatic carbocycles. The van der Waals surface area contributed by atoms with Gasteiger partial charge >= 0.3 is 5.97 Å². The molecule has 1 rings (SSSR count). The van der Waals surface area contributed by atoms with Gasteiger partial charge in [0.15, 0.2) is 0 Å². The highest BCUT2D eigenvalue weighted by molar-refractivity contribution is 5.96. The molecule has 0 aliphatic rings. The van der Waals surface area contributed by atoms with Gasteiger partial charge in [-0.05, 0) is 13.0 Å². The molecule has 0 saturated heterocycles. The number of hydrogen-bond acceptors (Lipinski definition) is 4. The maximum Gasteiger partial charge on any atom is 0.308 e. The van der Waals surface area contributed by atoms with Crippen LogP contribution in [0, 0.1) is 5.92 Å². The van der Waals surface area contributed by atoms with Crippen LogP contribution in [-0.2, 0) is 4.79 Å². The van der Waals surface area contributed by atoms with Gasteiger partial charge in [0.2, 0.25) is 0 Å². The summed E-state index contributed by atoms with van der Waals surface area (Å²) in [6.45, 7) is 3.76. The van der Waals surface area contributed by atoms with Crippen LogP contribution in [0.5, 0.6) is 5.75 Å². The predicted molar refractivity (Wildman–Crippen MR) is 64.3 cm³/mol. The molecule has 0 saturated carbocycles. The van der Waals surface area contributed by atoms with Gasteiger partial charge in [-0.25, -0.2) is 0 Å². The fourth-order valence-corrected chi connectivity index (χ4v) is 1.50. The summed E-state index contributed by atoms with van der Waals surface area (Å²) in [5.74, 6) is -2.22. The van der Waals surface area contributed by atoms with Crippen LogP contribution in [-0.4, -0.2) is 45.1 Å². The highest BCUT2D eigenvalue weighted by Gasteiger charge is 2.22. The van der Waals surface area contributed by atoms with Gasteiger partial charge in [-0.2, -0.15) is 0 Å². The van der Waals surface area contributed by atoms with Crippen molar-refractivity contribution in [2.24, 2.45) is 5.92 Å². The Hall–Kier alpha value is -2.11. The Bertz CT molecular complexity index is 447. The first kappa shape index (κ1) is 14.0. The molecule has 1 aromatic rings. The lowest BCUT2D eigenvalue weighted by molar-refractivity contribution is -0.141. The van der Waals surface area contributed by atoms with Crippen LogP contribution in [0.4, 0.5) is 0 Å². The fraction of sp³-hybridized carbons (Fsp3) is 0.417. The number of carboxylic acids is 1. The fourth-order valence-electron chi connectivity index (χ4n) is 1.50. The molecular formula is C12H16N2O4. The Morgan fingerprint density at radius 1 is 1.50 bits per heavy atom. The molecule has 6 nitrogen and oxygen atoms in total. The minimum Gasteiger partial charge on any atom is -0.505 e. The summed E-state index contributed by atoms with van der Waals surface area (Å²) in [5, 5.41) is 18.4. The van der Waals surface area contributed by atoms with Gasteiger partial charge in [0, 0.05) is 19.3 Å². The van der Waals surface area contributed by atoms with Crippen LogP contribution in [0.3, 0.4) is 0 Å². The van der Waals surface area contributed by atoms with Crippen molar-refractivity contribution in [2.75, 3.05) is 13.1 Å². The number of pyridine rings is 1. The molecule has 18 heavy (non-hydrogen) atoms. The van der Waals surface area contributed by atoms with Crippen molar-refractivity contribution in [1.82, 2.24) is 9.88 Å². The third kappa shape index (κ3) is 3.19. The van der Waals surface area contributed by atoms with Crippen LogP contribution in [0.25, 0.3) is 0 Å². The van der Waals surface area contributed by atoms with E-state index in [9.17, 15) is 14.7 Å². The lowest BCUT2D eigenvalue weighted by Crippen LogP contribution is -2.36. The number of aromatic hydroxyl groups is 1. The molecule has 1 aromatic heterocycles. The van der Waals surface area contributed by atoms with E-state index in [1.54, 1.807) is 6.92 Å². The van der Waals surface area contributed by atoms with Crippen molar-refractivity contribution in [3.8, 4) is 5.75 Å². The summed E-state index contributed by atoms with van der Waals surface area (Å²) in [6, 6.07) is 1.41. The first-order valence-corrected chi connectivity index (χ1v) is 5.62. The van der Waals surface area contributed by atoms with E-state index in [0.29, 0.717) is 6.54 Å². The number of rotatable bonds is 5. The normalized spacial score (nSPS) is 11.9. The van der Waals surface area contributed by atoms with Gasteiger partial charge < -0.3 is 15.1 Å². The highest BCUT2D eigenvalue weighted by Crippen LogP contribution is 2.17. The molecule has 0 spiro atoms. The number of carbonyl (C=O) groups excluding carboxylic acids is 1. The second-order valence-electron chi connectivity index (χ2n) is 3.98. The maximum atomic E-state index is 12.1. The van der Waals surface area contributed by atoms with Crippen molar-refractivity contribution in [3.05, 3.63) is 24.0 Å². The van der Waals surface area contributed by atoms with Crippen LogP contribution in [0.2, 0.25) is 0 Å². The topological polar surface area (TPSA) is 90.7 Å². The van der Waals surface area contributed by atoms with Crippen molar-refractivity contribution >= 4 is 11.9 Å². The third-order valence-corrected chi connectivity index (χ3v) is 2.62. The van der Waals surface area contributed by atoms with Gasteiger partial charge in [-0.1, -0.05) is 6.92 Å². The third-order valence-electron chi connectivity index (χ3n) is 2.62. The summed E-state index contributed by atoms with van der Waals surface area (Å²) in [5.41, 5.74) is 0.129. The summed E-state index contributed by atoms with van der Waals surface area (Å²) in [6.07, 6.45) is 2.59. The van der Waals surface area contributed by atoms with E-state index in [-0.39, 0.29) is 17.9 Å². The van der Waals surface area contributed by atoms with E-state index in [1.807, 2.05) is 0 Å². The molecule has 1 unspecified atom stereocenters. The first-order valence-electron chi connectivity index (χ1n) is 5.62. The zero-order valence-electron chi connectivity index (χ0n) is 10.3. The number of carbonyl (C=O) groups is 2. The average Bonchev–Trinajstić information content (AvgIpc) is 2.35. The first-order chi connectivity index (χ1) is 8.47. The monoisotopic (exact) mass is 252 g/mol. The van der Waals surface area contributed by atoms with Crippen molar-refractivity contribution in [1.29, 1.82) is 0 Å². The lowest BCUT2D eigenvalue weighted by atomic mass is 10.1. The molecule has 0 bridgehead atoms. The number of carboxylic acid groups (broad SMARTS) is 1. The van der Waals surface area contributed by atoms with Crippen molar-refractivity contribution in [2.45, 2.75) is 13.8 Å². The Labute approximate surface area is 105 Å². The molecule has 1 amide bonds. The van der Waals surface area contributed by atoms with E-state index in [4.69, 9.17) is 5.11 Å². The second-order valence-corrected chi connectivity index (χ2v) is 3.98. The average molecular weight is 252 g/mol. The number of hydrogen-bond donors (Lipinski definition) is 2. The van der Waals surface area contributed by atoms with E-state index in [0.717, 1.165) is 0 Å². The quantitative estimate of drug-likeness (QED) is 0.814. The highest BCUT2D eigenvalue weighted by atomic mass is 16.4. The Kier molecular flexibility index (Phi) is 4.65. The predicted octanol–water partition coefficient (Wildman–Crippen LogP) is 0.970. The summed E-state index contributed by atoms with van der Waals surface area (Å²) < 4.78 is 0. The Balaban J connectivity index is 2.86. The molecule has 6 heteroatoms. The van der Waals surface area contributed by atoms with Crippen LogP contribution in [0.1, 0.15) is 24.2 Å². The number of nitrogens with zero attached hydrogens (tertiary/aromatic N) is 2. The smallest absolute Gasteiger partial charge is 0.308 e. The van der Waals surface area contributed by atoms with Crippen molar-refractivity contribution in [3.63, 3.8) is 0 Å². The molecule has 0 fully saturated rings. The van der Waals surface area contributed by atoms with E-state index >= 15 is 0 Å². The van der Waals surface area contributed by atoms with E-state index in [2.05, 4.69) is 4.98 Å². The largest absolute Gasteiger partial charge is 0.505 e. The van der Waals surface area contributed by atoms with Crippen LogP contribution in [0.15, 0.2) is 18.5 Å². The maximum absolute atomic E-state index is 12.1. The zero-order valence-corrected chi connectivity index (χ0v) is 10.3. The Morgan fingerprint density at radius 3 is 2.67 bits per heavy atom. The van der Waals surface area contributed by atoms with Crippen LogP contribution < -0.4 is 0 Å². The molecule has 0 aliphatic heterocycles. The van der Waals surface area contributed by atoms with E-state index in [1.165, 1.54) is 30.3 Å².